The van der Waals surface area contributed by atoms with E-state index in [0.29, 0.717) is 18.5 Å². The fourth-order valence-electron chi connectivity index (χ4n) is 3.49. The lowest BCUT2D eigenvalue weighted by Gasteiger charge is -2.32. The fourth-order valence-corrected chi connectivity index (χ4v) is 4.40. The van der Waals surface area contributed by atoms with Gasteiger partial charge >= 0.3 is 5.97 Å². The number of hydrogen-bond donors (Lipinski definition) is 0. The van der Waals surface area contributed by atoms with Crippen molar-refractivity contribution in [2.24, 2.45) is 0 Å². The lowest BCUT2D eigenvalue weighted by Crippen LogP contribution is -2.45. The summed E-state index contributed by atoms with van der Waals surface area (Å²) < 4.78 is 34.2. The third-order valence-corrected chi connectivity index (χ3v) is 5.95. The van der Waals surface area contributed by atoms with Crippen molar-refractivity contribution in [3.05, 3.63) is 22.6 Å². The fraction of sp³-hybridized carbons (Fsp3) is 0.667. The van der Waals surface area contributed by atoms with Crippen LogP contribution in [-0.4, -0.2) is 44.6 Å². The van der Waals surface area contributed by atoms with Gasteiger partial charge in [-0.1, -0.05) is 25.7 Å². The first kappa shape index (κ1) is 25.1. The molecule has 0 aliphatic heterocycles. The molecule has 1 aliphatic carbocycles. The van der Waals surface area contributed by atoms with Gasteiger partial charge in [-0.15, -0.1) is 0 Å². The summed E-state index contributed by atoms with van der Waals surface area (Å²) in [5.41, 5.74) is -0.969. The molecule has 0 amide bonds. The monoisotopic (exact) mass is 428 g/mol. The molecule has 0 aromatic heterocycles. The minimum Gasteiger partial charge on any atom is -0.465 e. The number of unbranched alkanes of at least 4 members (excludes halogenated alkanes) is 5. The maximum Gasteiger partial charge on any atom is 0.303 e. The predicted molar refractivity (Wildman–Crippen MR) is 110 cm³/mol. The summed E-state index contributed by atoms with van der Waals surface area (Å²) in [7, 11) is -3.72. The SMILES string of the molecule is CC(=O)OC1(CCCCCCCCC(C)OC=O)C=C(C)C=C(S(C)(=O)=O)C1=O. The largest absolute Gasteiger partial charge is 0.465 e. The zero-order valence-electron chi connectivity index (χ0n) is 17.7. The third-order valence-electron chi connectivity index (χ3n) is 4.85. The highest BCUT2D eigenvalue weighted by atomic mass is 32.2. The third kappa shape index (κ3) is 8.12. The van der Waals surface area contributed by atoms with Crippen LogP contribution in [0.25, 0.3) is 0 Å². The standard InChI is InChI=1S/C21H32O7S/c1-16-13-19(29(4,25)26)20(24)21(14-16,28-18(3)23)12-10-8-6-5-7-9-11-17(2)27-15-22/h13-15,17H,5-12H2,1-4H3. The van der Waals surface area contributed by atoms with Crippen LogP contribution >= 0.6 is 0 Å². The predicted octanol–water partition coefficient (Wildman–Crippen LogP) is 3.43. The van der Waals surface area contributed by atoms with Gasteiger partial charge in [0, 0.05) is 13.2 Å². The first-order chi connectivity index (χ1) is 13.5. The lowest BCUT2D eigenvalue weighted by atomic mass is 9.85. The molecule has 0 radical (unpaired) electrons. The summed E-state index contributed by atoms with van der Waals surface area (Å²) in [4.78, 5) is 34.5. The van der Waals surface area contributed by atoms with Crippen LogP contribution in [0.3, 0.4) is 0 Å². The quantitative estimate of drug-likeness (QED) is 0.251. The summed E-state index contributed by atoms with van der Waals surface area (Å²) >= 11 is 0. The molecule has 1 rings (SSSR count). The number of allylic oxidation sites excluding steroid dienone is 2. The molecule has 8 heteroatoms. The normalized spacial score (nSPS) is 20.5. The number of rotatable bonds is 13. The van der Waals surface area contributed by atoms with Crippen LogP contribution in [0.15, 0.2) is 22.6 Å². The maximum atomic E-state index is 12.9. The van der Waals surface area contributed by atoms with Crippen molar-refractivity contribution >= 4 is 28.1 Å². The average Bonchev–Trinajstić information content (AvgIpc) is 2.59. The number of carbonyl (C=O) groups is 3. The molecule has 0 aromatic rings. The van der Waals surface area contributed by atoms with Crippen molar-refractivity contribution in [3.63, 3.8) is 0 Å². The van der Waals surface area contributed by atoms with Crippen LogP contribution in [0, 0.1) is 0 Å². The van der Waals surface area contributed by atoms with Crippen LogP contribution in [0.4, 0.5) is 0 Å². The van der Waals surface area contributed by atoms with Crippen LogP contribution in [-0.2, 0) is 33.7 Å². The number of hydrogen-bond acceptors (Lipinski definition) is 7. The summed E-state index contributed by atoms with van der Waals surface area (Å²) in [6.07, 6.45) is 10.3. The molecule has 2 atom stereocenters. The van der Waals surface area contributed by atoms with Crippen LogP contribution in [0.2, 0.25) is 0 Å². The molecule has 0 bridgehead atoms. The number of carbonyl (C=O) groups excluding carboxylic acids is 3. The minimum absolute atomic E-state index is 0.0690. The van der Waals surface area contributed by atoms with Crippen molar-refractivity contribution in [1.29, 1.82) is 0 Å². The second-order valence-corrected chi connectivity index (χ2v) is 9.67. The van der Waals surface area contributed by atoms with E-state index < -0.39 is 27.2 Å². The number of sulfone groups is 1. The Morgan fingerprint density at radius 3 is 2.31 bits per heavy atom. The van der Waals surface area contributed by atoms with Crippen molar-refractivity contribution < 1.29 is 32.3 Å². The van der Waals surface area contributed by atoms with Gasteiger partial charge in [-0.2, -0.15) is 0 Å². The van der Waals surface area contributed by atoms with Gasteiger partial charge in [0.15, 0.2) is 15.4 Å². The Morgan fingerprint density at radius 2 is 1.76 bits per heavy atom. The Morgan fingerprint density at radius 1 is 1.17 bits per heavy atom. The van der Waals surface area contributed by atoms with Gasteiger partial charge in [-0.3, -0.25) is 14.4 Å². The molecule has 29 heavy (non-hydrogen) atoms. The van der Waals surface area contributed by atoms with Crippen LogP contribution in [0.1, 0.15) is 72.1 Å². The van der Waals surface area contributed by atoms with Crippen LogP contribution in [0.5, 0.6) is 0 Å². The maximum absolute atomic E-state index is 12.9. The van der Waals surface area contributed by atoms with Gasteiger partial charge in [-0.25, -0.2) is 8.42 Å². The molecule has 0 spiro atoms. The molecule has 1 aliphatic rings. The van der Waals surface area contributed by atoms with Crippen LogP contribution < -0.4 is 0 Å². The Bertz CT molecular complexity index is 764. The second kappa shape index (κ2) is 11.3. The molecule has 7 nitrogen and oxygen atoms in total. The number of ketones is 1. The highest BCUT2D eigenvalue weighted by Gasteiger charge is 2.45. The smallest absolute Gasteiger partial charge is 0.303 e. The van der Waals surface area contributed by atoms with E-state index in [9.17, 15) is 22.8 Å². The summed E-state index contributed by atoms with van der Waals surface area (Å²) in [5, 5.41) is 0. The van der Waals surface area contributed by atoms with E-state index in [-0.39, 0.29) is 17.4 Å². The van der Waals surface area contributed by atoms with Crippen molar-refractivity contribution in [2.45, 2.75) is 83.8 Å². The van der Waals surface area contributed by atoms with E-state index in [0.717, 1.165) is 44.8 Å². The minimum atomic E-state index is -3.72. The van der Waals surface area contributed by atoms with Gasteiger partial charge in [0.2, 0.25) is 5.78 Å². The van der Waals surface area contributed by atoms with E-state index in [4.69, 9.17) is 9.47 Å². The van der Waals surface area contributed by atoms with Crippen molar-refractivity contribution in [1.82, 2.24) is 0 Å². The molecule has 0 saturated heterocycles. The van der Waals surface area contributed by atoms with Gasteiger partial charge in [0.1, 0.15) is 4.91 Å². The summed E-state index contributed by atoms with van der Waals surface area (Å²) in [6, 6.07) is 0. The molecule has 0 fully saturated rings. The van der Waals surface area contributed by atoms with E-state index >= 15 is 0 Å². The summed E-state index contributed by atoms with van der Waals surface area (Å²) in [6.45, 7) is 5.23. The zero-order chi connectivity index (χ0) is 22.1. The highest BCUT2D eigenvalue weighted by Crippen LogP contribution is 2.33. The number of ether oxygens (including phenoxy) is 2. The van der Waals surface area contributed by atoms with Gasteiger partial charge in [-0.05, 0) is 57.3 Å². The highest BCUT2D eigenvalue weighted by molar-refractivity contribution is 7.95. The molecule has 0 N–H and O–H groups in total. The lowest BCUT2D eigenvalue weighted by molar-refractivity contribution is -0.159. The Hall–Kier alpha value is -1.96. The number of Topliss-reactive ketones (excluding diaryl/α,β-unsaturated/α-hetero) is 1. The van der Waals surface area contributed by atoms with Gasteiger partial charge in [0.25, 0.3) is 6.47 Å². The van der Waals surface area contributed by atoms with Crippen molar-refractivity contribution in [3.8, 4) is 0 Å². The Balaban J connectivity index is 2.61. The first-order valence-electron chi connectivity index (χ1n) is 9.96. The molecule has 0 saturated carbocycles. The first-order valence-corrected chi connectivity index (χ1v) is 11.9. The van der Waals surface area contributed by atoms with Gasteiger partial charge in [0.05, 0.1) is 6.10 Å². The Kier molecular flexibility index (Phi) is 9.76. The number of esters is 1. The van der Waals surface area contributed by atoms with E-state index in [1.807, 2.05) is 6.92 Å². The zero-order valence-corrected chi connectivity index (χ0v) is 18.5. The summed E-state index contributed by atoms with van der Waals surface area (Å²) in [5.74, 6) is -1.30. The average molecular weight is 429 g/mol. The van der Waals surface area contributed by atoms with E-state index in [1.54, 1.807) is 13.0 Å². The molecule has 2 unspecified atom stereocenters. The topological polar surface area (TPSA) is 104 Å². The van der Waals surface area contributed by atoms with Gasteiger partial charge < -0.3 is 9.47 Å². The Labute approximate surface area is 173 Å². The second-order valence-electron chi connectivity index (χ2n) is 7.68. The molecule has 0 heterocycles. The molecular formula is C21H32O7S. The van der Waals surface area contributed by atoms with E-state index in [2.05, 4.69) is 0 Å². The van der Waals surface area contributed by atoms with E-state index in [1.165, 1.54) is 13.0 Å². The van der Waals surface area contributed by atoms with Crippen molar-refractivity contribution in [2.75, 3.05) is 6.26 Å². The molecular weight excluding hydrogens is 396 g/mol. The molecule has 164 valence electrons. The molecule has 0 aromatic carbocycles.